The lowest BCUT2D eigenvalue weighted by atomic mass is 10.1. The minimum Gasteiger partial charge on any atom is -0.461 e. The van der Waals surface area contributed by atoms with Crippen molar-refractivity contribution in [3.05, 3.63) is 0 Å². The van der Waals surface area contributed by atoms with Gasteiger partial charge >= 0.3 is 5.97 Å². The van der Waals surface area contributed by atoms with Crippen LogP contribution in [0, 0.1) is 0 Å². The molecule has 2 unspecified atom stereocenters. The Morgan fingerprint density at radius 3 is 2.69 bits per heavy atom. The third kappa shape index (κ3) is 2.62. The average molecular weight is 193 g/mol. The number of rotatable bonds is 3. The van der Waals surface area contributed by atoms with Crippen LogP contribution < -0.4 is 0 Å². The molecule has 2 atom stereocenters. The van der Waals surface area contributed by atoms with Crippen molar-refractivity contribution in [2.75, 3.05) is 13.6 Å². The second kappa shape index (κ2) is 4.00. The van der Waals surface area contributed by atoms with Crippen molar-refractivity contribution < 1.29 is 18.3 Å². The Bertz CT molecular complexity index is 199. The van der Waals surface area contributed by atoms with Crippen LogP contribution in [0.1, 0.15) is 13.3 Å². The number of esters is 1. The smallest absolute Gasteiger partial charge is 0.323 e. The van der Waals surface area contributed by atoms with E-state index in [1.807, 2.05) is 0 Å². The topological polar surface area (TPSA) is 29.5 Å². The maximum atomic E-state index is 12.0. The van der Waals surface area contributed by atoms with Gasteiger partial charge in [0.1, 0.15) is 12.1 Å². The first-order chi connectivity index (χ1) is 6.00. The Morgan fingerprint density at radius 2 is 2.31 bits per heavy atom. The lowest BCUT2D eigenvalue weighted by molar-refractivity contribution is -0.144. The Labute approximate surface area is 75.7 Å². The van der Waals surface area contributed by atoms with Crippen LogP contribution in [0.25, 0.3) is 0 Å². The summed E-state index contributed by atoms with van der Waals surface area (Å²) in [4.78, 5) is 12.4. The highest BCUT2D eigenvalue weighted by Gasteiger charge is 2.35. The quantitative estimate of drug-likeness (QED) is 0.623. The molecule has 3 nitrogen and oxygen atoms in total. The third-order valence-electron chi connectivity index (χ3n) is 2.10. The lowest BCUT2D eigenvalue weighted by Crippen LogP contribution is -2.38. The zero-order valence-electron chi connectivity index (χ0n) is 7.67. The number of ether oxygens (including phenoxy) is 1. The fourth-order valence-electron chi connectivity index (χ4n) is 1.44. The molecule has 0 aromatic heterocycles. The van der Waals surface area contributed by atoms with Crippen molar-refractivity contribution >= 4 is 5.97 Å². The summed E-state index contributed by atoms with van der Waals surface area (Å²) < 4.78 is 28.8. The van der Waals surface area contributed by atoms with Crippen molar-refractivity contribution in [2.45, 2.75) is 31.9 Å². The largest absolute Gasteiger partial charge is 0.461 e. The van der Waals surface area contributed by atoms with E-state index in [0.29, 0.717) is 6.42 Å². The standard InChI is InChI=1S/C8H13F2NO2/c1-5-3-6(8(12)13-5)11(2)4-7(9)10/h5-7H,3-4H2,1-2H3. The molecule has 1 aliphatic rings. The number of carbonyl (C=O) groups is 1. The summed E-state index contributed by atoms with van der Waals surface area (Å²) in [7, 11) is 1.51. The van der Waals surface area contributed by atoms with Crippen molar-refractivity contribution in [1.29, 1.82) is 0 Å². The lowest BCUT2D eigenvalue weighted by Gasteiger charge is -2.19. The molecule has 0 bridgehead atoms. The molecule has 76 valence electrons. The van der Waals surface area contributed by atoms with E-state index in [-0.39, 0.29) is 12.6 Å². The van der Waals surface area contributed by atoms with Gasteiger partial charge < -0.3 is 4.74 Å². The number of cyclic esters (lactones) is 1. The van der Waals surface area contributed by atoms with E-state index in [1.165, 1.54) is 11.9 Å². The first-order valence-electron chi connectivity index (χ1n) is 4.19. The van der Waals surface area contributed by atoms with Crippen LogP contribution in [0.3, 0.4) is 0 Å². The van der Waals surface area contributed by atoms with Gasteiger partial charge in [0.05, 0.1) is 6.54 Å². The molecule has 0 aromatic rings. The van der Waals surface area contributed by atoms with Crippen LogP contribution in [-0.4, -0.2) is 43.0 Å². The van der Waals surface area contributed by atoms with E-state index in [9.17, 15) is 13.6 Å². The first-order valence-corrected chi connectivity index (χ1v) is 4.19. The second-order valence-electron chi connectivity index (χ2n) is 3.33. The van der Waals surface area contributed by atoms with Crippen LogP contribution in [0.15, 0.2) is 0 Å². The van der Waals surface area contributed by atoms with Gasteiger partial charge in [-0.25, -0.2) is 8.78 Å². The van der Waals surface area contributed by atoms with Crippen molar-refractivity contribution in [1.82, 2.24) is 4.90 Å². The van der Waals surface area contributed by atoms with E-state index in [0.717, 1.165) is 0 Å². The summed E-state index contributed by atoms with van der Waals surface area (Å²) in [5.41, 5.74) is 0. The molecule has 0 spiro atoms. The molecule has 0 N–H and O–H groups in total. The maximum absolute atomic E-state index is 12.0. The molecule has 0 radical (unpaired) electrons. The van der Waals surface area contributed by atoms with Gasteiger partial charge in [0.25, 0.3) is 6.43 Å². The highest BCUT2D eigenvalue weighted by Crippen LogP contribution is 2.19. The molecule has 0 amide bonds. The number of carbonyl (C=O) groups excluding carboxylic acids is 1. The molecule has 5 heteroatoms. The predicted molar refractivity (Wildman–Crippen MR) is 42.6 cm³/mol. The summed E-state index contributed by atoms with van der Waals surface area (Å²) in [5, 5.41) is 0. The van der Waals surface area contributed by atoms with Crippen molar-refractivity contribution in [3.63, 3.8) is 0 Å². The van der Waals surface area contributed by atoms with Gasteiger partial charge in [-0.15, -0.1) is 0 Å². The molecule has 1 heterocycles. The van der Waals surface area contributed by atoms with Gasteiger partial charge in [-0.2, -0.15) is 0 Å². The monoisotopic (exact) mass is 193 g/mol. The van der Waals surface area contributed by atoms with Crippen LogP contribution in [0.4, 0.5) is 8.78 Å². The Balaban J connectivity index is 2.47. The van der Waals surface area contributed by atoms with Gasteiger partial charge in [-0.1, -0.05) is 0 Å². The van der Waals surface area contributed by atoms with E-state index in [2.05, 4.69) is 0 Å². The summed E-state index contributed by atoms with van der Waals surface area (Å²) in [6, 6.07) is -0.496. The summed E-state index contributed by atoms with van der Waals surface area (Å²) in [5.74, 6) is -0.393. The number of alkyl halides is 2. The normalized spacial score (nSPS) is 28.6. The third-order valence-corrected chi connectivity index (χ3v) is 2.10. The SMILES string of the molecule is CC1CC(N(C)CC(F)F)C(=O)O1. The van der Waals surface area contributed by atoms with Gasteiger partial charge in [0.2, 0.25) is 0 Å². The van der Waals surface area contributed by atoms with Crippen molar-refractivity contribution in [2.24, 2.45) is 0 Å². The molecule has 0 aromatic carbocycles. The van der Waals surface area contributed by atoms with Gasteiger partial charge in [-0.05, 0) is 14.0 Å². The Hall–Kier alpha value is -0.710. The highest BCUT2D eigenvalue weighted by molar-refractivity contribution is 5.77. The Morgan fingerprint density at radius 1 is 1.69 bits per heavy atom. The summed E-state index contributed by atoms with van der Waals surface area (Å²) >= 11 is 0. The van der Waals surface area contributed by atoms with Crippen LogP contribution >= 0.6 is 0 Å². The highest BCUT2D eigenvalue weighted by atomic mass is 19.3. The van der Waals surface area contributed by atoms with Gasteiger partial charge in [0, 0.05) is 6.42 Å². The average Bonchev–Trinajstić information content (AvgIpc) is 2.28. The molecule has 13 heavy (non-hydrogen) atoms. The fourth-order valence-corrected chi connectivity index (χ4v) is 1.44. The van der Waals surface area contributed by atoms with Gasteiger partial charge in [-0.3, -0.25) is 9.69 Å². The summed E-state index contributed by atoms with van der Waals surface area (Å²) in [6.07, 6.45) is -2.06. The molecule has 1 fully saturated rings. The zero-order valence-corrected chi connectivity index (χ0v) is 7.67. The van der Waals surface area contributed by atoms with Crippen molar-refractivity contribution in [3.8, 4) is 0 Å². The van der Waals surface area contributed by atoms with Gasteiger partial charge in [0.15, 0.2) is 0 Å². The number of hydrogen-bond donors (Lipinski definition) is 0. The van der Waals surface area contributed by atoms with E-state index in [4.69, 9.17) is 4.74 Å². The maximum Gasteiger partial charge on any atom is 0.323 e. The second-order valence-corrected chi connectivity index (χ2v) is 3.33. The fraction of sp³-hybridized carbons (Fsp3) is 0.875. The molecule has 1 saturated heterocycles. The number of halogens is 2. The molecule has 1 rings (SSSR count). The van der Waals surface area contributed by atoms with E-state index >= 15 is 0 Å². The van der Waals surface area contributed by atoms with Crippen LogP contribution in [-0.2, 0) is 9.53 Å². The minimum atomic E-state index is -2.41. The molecule has 1 aliphatic heterocycles. The molecular formula is C8H13F2NO2. The minimum absolute atomic E-state index is 0.155. The zero-order chi connectivity index (χ0) is 10.0. The van der Waals surface area contributed by atoms with E-state index < -0.39 is 18.4 Å². The van der Waals surface area contributed by atoms with E-state index in [1.54, 1.807) is 6.92 Å². The number of hydrogen-bond acceptors (Lipinski definition) is 3. The summed E-state index contributed by atoms with van der Waals surface area (Å²) in [6.45, 7) is 1.38. The Kier molecular flexibility index (Phi) is 3.19. The molecule has 0 aliphatic carbocycles. The molecular weight excluding hydrogens is 180 g/mol. The van der Waals surface area contributed by atoms with Crippen LogP contribution in [0.2, 0.25) is 0 Å². The molecule has 0 saturated carbocycles. The number of nitrogens with zero attached hydrogens (tertiary/aromatic N) is 1. The predicted octanol–water partition coefficient (Wildman–Crippen LogP) is 0.887. The number of likely N-dealkylation sites (N-methyl/N-ethyl adjacent to an activating group) is 1. The van der Waals surface area contributed by atoms with Crippen LogP contribution in [0.5, 0.6) is 0 Å². The first kappa shape index (κ1) is 10.4.